The van der Waals surface area contributed by atoms with Gasteiger partial charge in [0.2, 0.25) is 0 Å². The van der Waals surface area contributed by atoms with E-state index in [4.69, 9.17) is 9.84 Å². The number of carbonyl (C=O) groups is 2. The summed E-state index contributed by atoms with van der Waals surface area (Å²) in [6.45, 7) is 3.72. The van der Waals surface area contributed by atoms with Crippen LogP contribution in [0, 0.1) is 29.1 Å². The molecule has 0 aliphatic heterocycles. The molecule has 2 aliphatic carbocycles. The van der Waals surface area contributed by atoms with Crippen LogP contribution in [0.25, 0.3) is 0 Å². The minimum atomic E-state index is -0.843. The molecule has 2 aliphatic rings. The van der Waals surface area contributed by atoms with Gasteiger partial charge < -0.3 is 9.84 Å². The fraction of sp³-hybridized carbons (Fsp3) is 0.733. The molecule has 0 radical (unpaired) electrons. The smallest absolute Gasteiger partial charge is 0.384 e. The van der Waals surface area contributed by atoms with Crippen LogP contribution in [0.1, 0.15) is 46.0 Å². The number of aliphatic carboxylic acids is 1. The molecule has 0 aromatic rings. The summed E-state index contributed by atoms with van der Waals surface area (Å²) in [7, 11) is 0. The molecule has 19 heavy (non-hydrogen) atoms. The van der Waals surface area contributed by atoms with Crippen LogP contribution in [-0.2, 0) is 14.3 Å². The molecule has 0 saturated heterocycles. The van der Waals surface area contributed by atoms with E-state index in [0.29, 0.717) is 0 Å². The SMILES string of the molecule is CC1(C)C(C#CC(=O)OC2CCCCC2)C1C(=O)O. The minimum absolute atomic E-state index is 0.00182. The van der Waals surface area contributed by atoms with Gasteiger partial charge in [-0.05, 0) is 31.1 Å². The summed E-state index contributed by atoms with van der Waals surface area (Å²) in [4.78, 5) is 22.6. The zero-order chi connectivity index (χ0) is 14.0. The van der Waals surface area contributed by atoms with Gasteiger partial charge in [0, 0.05) is 11.8 Å². The highest BCUT2D eigenvalue weighted by Gasteiger charge is 2.61. The van der Waals surface area contributed by atoms with Crippen molar-refractivity contribution in [2.45, 2.75) is 52.1 Å². The highest BCUT2D eigenvalue weighted by Crippen LogP contribution is 2.57. The van der Waals surface area contributed by atoms with Gasteiger partial charge in [0.1, 0.15) is 6.10 Å². The Balaban J connectivity index is 1.86. The molecule has 4 heteroatoms. The third-order valence-corrected chi connectivity index (χ3v) is 4.25. The first-order valence-corrected chi connectivity index (χ1v) is 6.88. The number of carbonyl (C=O) groups excluding carboxylic acids is 1. The topological polar surface area (TPSA) is 63.6 Å². The van der Waals surface area contributed by atoms with Crippen LogP contribution in [0.4, 0.5) is 0 Å². The summed E-state index contributed by atoms with van der Waals surface area (Å²) >= 11 is 0. The lowest BCUT2D eigenvalue weighted by atomic mass is 9.98. The fourth-order valence-corrected chi connectivity index (χ4v) is 2.87. The number of carboxylic acids is 1. The summed E-state index contributed by atoms with van der Waals surface area (Å²) in [5.74, 6) is 3.15. The van der Waals surface area contributed by atoms with Crippen LogP contribution in [0.2, 0.25) is 0 Å². The van der Waals surface area contributed by atoms with Gasteiger partial charge in [0.05, 0.1) is 5.92 Å². The maximum absolute atomic E-state index is 11.6. The number of carboxylic acid groups (broad SMARTS) is 1. The molecule has 2 saturated carbocycles. The molecular formula is C15H20O4. The summed E-state index contributed by atoms with van der Waals surface area (Å²) in [6, 6.07) is 0. The van der Waals surface area contributed by atoms with Crippen LogP contribution >= 0.6 is 0 Å². The van der Waals surface area contributed by atoms with Crippen LogP contribution in [0.15, 0.2) is 0 Å². The maximum Gasteiger partial charge on any atom is 0.384 e. The van der Waals surface area contributed by atoms with Crippen molar-refractivity contribution in [1.82, 2.24) is 0 Å². The molecule has 2 fully saturated rings. The summed E-state index contributed by atoms with van der Waals surface area (Å²) < 4.78 is 5.27. The van der Waals surface area contributed by atoms with Crippen LogP contribution in [0.3, 0.4) is 0 Å². The van der Waals surface area contributed by atoms with Gasteiger partial charge in [-0.25, -0.2) is 4.79 Å². The largest absolute Gasteiger partial charge is 0.481 e. The predicted octanol–water partition coefficient (Wildman–Crippen LogP) is 2.22. The van der Waals surface area contributed by atoms with Crippen LogP contribution in [-0.4, -0.2) is 23.1 Å². The molecule has 4 nitrogen and oxygen atoms in total. The maximum atomic E-state index is 11.6. The first kappa shape index (κ1) is 13.9. The second-order valence-corrected chi connectivity index (χ2v) is 6.05. The van der Waals surface area contributed by atoms with Gasteiger partial charge >= 0.3 is 11.9 Å². The second kappa shape index (κ2) is 5.24. The van der Waals surface area contributed by atoms with Crippen molar-refractivity contribution in [3.63, 3.8) is 0 Å². The summed E-state index contributed by atoms with van der Waals surface area (Å²) in [5.41, 5.74) is -0.343. The van der Waals surface area contributed by atoms with E-state index < -0.39 is 17.9 Å². The number of esters is 1. The van der Waals surface area contributed by atoms with E-state index in [1.807, 2.05) is 13.8 Å². The molecule has 0 bridgehead atoms. The Morgan fingerprint density at radius 2 is 1.84 bits per heavy atom. The monoisotopic (exact) mass is 264 g/mol. The van der Waals surface area contributed by atoms with E-state index in [1.54, 1.807) is 0 Å². The van der Waals surface area contributed by atoms with Gasteiger partial charge in [-0.15, -0.1) is 0 Å². The van der Waals surface area contributed by atoms with Gasteiger partial charge in [-0.1, -0.05) is 26.2 Å². The Labute approximate surface area is 113 Å². The van der Waals surface area contributed by atoms with Gasteiger partial charge in [-0.2, -0.15) is 0 Å². The van der Waals surface area contributed by atoms with Crippen molar-refractivity contribution in [2.75, 3.05) is 0 Å². The van der Waals surface area contributed by atoms with Crippen molar-refractivity contribution < 1.29 is 19.4 Å². The van der Waals surface area contributed by atoms with E-state index in [0.717, 1.165) is 25.7 Å². The Kier molecular flexibility index (Phi) is 3.84. The molecule has 0 amide bonds. The minimum Gasteiger partial charge on any atom is -0.481 e. The molecular weight excluding hydrogens is 244 g/mol. The average molecular weight is 264 g/mol. The Morgan fingerprint density at radius 3 is 2.37 bits per heavy atom. The van der Waals surface area contributed by atoms with Crippen molar-refractivity contribution >= 4 is 11.9 Å². The molecule has 2 atom stereocenters. The summed E-state index contributed by atoms with van der Waals surface area (Å²) in [5, 5.41) is 9.00. The zero-order valence-electron chi connectivity index (χ0n) is 11.4. The molecule has 0 heterocycles. The lowest BCUT2D eigenvalue weighted by Gasteiger charge is -2.20. The molecule has 0 aromatic heterocycles. The van der Waals surface area contributed by atoms with Crippen LogP contribution in [0.5, 0.6) is 0 Å². The van der Waals surface area contributed by atoms with E-state index in [1.165, 1.54) is 6.42 Å². The highest BCUT2D eigenvalue weighted by molar-refractivity contribution is 5.89. The molecule has 2 rings (SSSR count). The number of ether oxygens (including phenoxy) is 1. The fourth-order valence-electron chi connectivity index (χ4n) is 2.87. The van der Waals surface area contributed by atoms with Gasteiger partial charge in [0.15, 0.2) is 0 Å². The lowest BCUT2D eigenvalue weighted by molar-refractivity contribution is -0.143. The van der Waals surface area contributed by atoms with Crippen molar-refractivity contribution in [3.05, 3.63) is 0 Å². The second-order valence-electron chi connectivity index (χ2n) is 6.05. The van der Waals surface area contributed by atoms with Crippen LogP contribution < -0.4 is 0 Å². The van der Waals surface area contributed by atoms with E-state index in [2.05, 4.69) is 11.8 Å². The Hall–Kier alpha value is -1.50. The Bertz CT molecular complexity index is 435. The van der Waals surface area contributed by atoms with Gasteiger partial charge in [-0.3, -0.25) is 4.79 Å². The molecule has 104 valence electrons. The number of hydrogen-bond acceptors (Lipinski definition) is 3. The predicted molar refractivity (Wildman–Crippen MR) is 69.1 cm³/mol. The van der Waals surface area contributed by atoms with Crippen molar-refractivity contribution in [1.29, 1.82) is 0 Å². The first-order chi connectivity index (χ1) is 8.93. The Morgan fingerprint density at radius 1 is 1.21 bits per heavy atom. The number of rotatable bonds is 2. The summed E-state index contributed by atoms with van der Waals surface area (Å²) in [6.07, 6.45) is 5.23. The quantitative estimate of drug-likeness (QED) is 0.472. The lowest BCUT2D eigenvalue weighted by Crippen LogP contribution is -2.19. The zero-order valence-corrected chi connectivity index (χ0v) is 11.4. The van der Waals surface area contributed by atoms with Crippen molar-refractivity contribution in [3.8, 4) is 11.8 Å². The molecule has 1 N–H and O–H groups in total. The van der Waals surface area contributed by atoms with E-state index in [9.17, 15) is 9.59 Å². The normalized spacial score (nSPS) is 28.9. The number of hydrogen-bond donors (Lipinski definition) is 1. The standard InChI is InChI=1S/C15H20O4/c1-15(2)11(13(15)14(17)18)8-9-12(16)19-10-6-4-3-5-7-10/h10-11,13H,3-7H2,1-2H3,(H,17,18). The van der Waals surface area contributed by atoms with E-state index in [-0.39, 0.29) is 17.4 Å². The van der Waals surface area contributed by atoms with E-state index >= 15 is 0 Å². The first-order valence-electron chi connectivity index (χ1n) is 6.88. The van der Waals surface area contributed by atoms with Crippen molar-refractivity contribution in [2.24, 2.45) is 17.3 Å². The third kappa shape index (κ3) is 3.09. The van der Waals surface area contributed by atoms with Gasteiger partial charge in [0.25, 0.3) is 0 Å². The highest BCUT2D eigenvalue weighted by atomic mass is 16.5. The average Bonchev–Trinajstić information content (AvgIpc) is 2.90. The molecule has 0 spiro atoms. The molecule has 0 aromatic carbocycles. The third-order valence-electron chi connectivity index (χ3n) is 4.25. The molecule has 2 unspecified atom stereocenters.